The maximum absolute atomic E-state index is 13.2. The Morgan fingerprint density at radius 3 is 2.53 bits per heavy atom. The number of rotatable bonds is 4. The third kappa shape index (κ3) is 4.29. The number of para-hydroxylation sites is 1. The summed E-state index contributed by atoms with van der Waals surface area (Å²) in [6.45, 7) is 2.23. The fourth-order valence-electron chi connectivity index (χ4n) is 3.25. The Morgan fingerprint density at radius 1 is 1.06 bits per heavy atom. The van der Waals surface area contributed by atoms with Gasteiger partial charge in [-0.2, -0.15) is 18.3 Å². The van der Waals surface area contributed by atoms with E-state index in [0.717, 1.165) is 16.8 Å². The quantitative estimate of drug-likeness (QED) is 0.659. The molecular weight excluding hydrogens is 427 g/mol. The molecule has 2 aromatic carbocycles. The summed E-state index contributed by atoms with van der Waals surface area (Å²) in [7, 11) is 0. The Bertz CT molecular complexity index is 1220. The van der Waals surface area contributed by atoms with Crippen LogP contribution in [0.4, 0.5) is 18.9 Å². The Hall–Kier alpha value is -3.82. The van der Waals surface area contributed by atoms with Crippen LogP contribution in [0.3, 0.4) is 0 Å². The average molecular weight is 445 g/mol. The third-order valence-electron chi connectivity index (χ3n) is 4.90. The molecule has 0 fully saturated rings. The van der Waals surface area contributed by atoms with E-state index >= 15 is 0 Å². The highest BCUT2D eigenvalue weighted by atomic mass is 19.4. The number of nitrogens with one attached hydrogen (secondary N) is 1. The van der Waals surface area contributed by atoms with E-state index in [4.69, 9.17) is 9.47 Å². The SMILES string of the molecule is C[C@@H](C(=O)Nc1ccccc1C(F)(F)F)n1nc(-c2ccc3c(c2)OCCO3)ccc1=O. The summed E-state index contributed by atoms with van der Waals surface area (Å²) in [5.41, 5.74) is -0.938. The Morgan fingerprint density at radius 2 is 1.78 bits per heavy atom. The molecule has 0 saturated carbocycles. The molecule has 0 bridgehead atoms. The van der Waals surface area contributed by atoms with Crippen molar-refractivity contribution in [2.75, 3.05) is 18.5 Å². The lowest BCUT2D eigenvalue weighted by molar-refractivity contribution is -0.137. The molecule has 1 amide bonds. The molecule has 32 heavy (non-hydrogen) atoms. The summed E-state index contributed by atoms with van der Waals surface area (Å²) in [6.07, 6.45) is -4.64. The topological polar surface area (TPSA) is 82.5 Å². The zero-order chi connectivity index (χ0) is 22.9. The highest BCUT2D eigenvalue weighted by molar-refractivity contribution is 5.94. The fourth-order valence-corrected chi connectivity index (χ4v) is 3.25. The number of carbonyl (C=O) groups is 1. The van der Waals surface area contributed by atoms with E-state index in [1.165, 1.54) is 31.2 Å². The van der Waals surface area contributed by atoms with Crippen LogP contribution in [0.15, 0.2) is 59.4 Å². The molecule has 3 aromatic rings. The van der Waals surface area contributed by atoms with E-state index in [2.05, 4.69) is 10.4 Å². The van der Waals surface area contributed by atoms with E-state index in [0.29, 0.717) is 36.0 Å². The number of carbonyl (C=O) groups excluding carboxylic acids is 1. The lowest BCUT2D eigenvalue weighted by Gasteiger charge is -2.19. The molecule has 1 aliphatic heterocycles. The lowest BCUT2D eigenvalue weighted by Crippen LogP contribution is -2.33. The minimum atomic E-state index is -4.64. The van der Waals surface area contributed by atoms with Gasteiger partial charge < -0.3 is 14.8 Å². The first-order valence-corrected chi connectivity index (χ1v) is 9.71. The Kier molecular flexibility index (Phi) is 5.60. The molecule has 0 saturated heterocycles. The van der Waals surface area contributed by atoms with Crippen LogP contribution in [0.25, 0.3) is 11.3 Å². The number of fused-ring (bicyclic) bond motifs is 1. The molecule has 1 aliphatic rings. The molecule has 0 radical (unpaired) electrons. The summed E-state index contributed by atoms with van der Waals surface area (Å²) in [5.74, 6) is 0.308. The summed E-state index contributed by atoms with van der Waals surface area (Å²) in [5, 5.41) is 6.50. The predicted molar refractivity (Wildman–Crippen MR) is 110 cm³/mol. The van der Waals surface area contributed by atoms with Gasteiger partial charge >= 0.3 is 6.18 Å². The number of nitrogens with zero attached hydrogens (tertiary/aromatic N) is 2. The maximum Gasteiger partial charge on any atom is 0.418 e. The fraction of sp³-hybridized carbons (Fsp3) is 0.227. The Labute approximate surface area is 180 Å². The minimum absolute atomic E-state index is 0.386. The van der Waals surface area contributed by atoms with Crippen molar-refractivity contribution in [3.8, 4) is 22.8 Å². The monoisotopic (exact) mass is 445 g/mol. The van der Waals surface area contributed by atoms with Crippen LogP contribution in [0.5, 0.6) is 11.5 Å². The van der Waals surface area contributed by atoms with Crippen molar-refractivity contribution < 1.29 is 27.4 Å². The van der Waals surface area contributed by atoms with Crippen LogP contribution in [0.1, 0.15) is 18.5 Å². The van der Waals surface area contributed by atoms with Crippen LogP contribution >= 0.6 is 0 Å². The molecule has 166 valence electrons. The summed E-state index contributed by atoms with van der Waals surface area (Å²) < 4.78 is 51.6. The molecule has 0 spiro atoms. The number of hydrogen-bond acceptors (Lipinski definition) is 5. The van der Waals surface area contributed by atoms with Crippen molar-refractivity contribution in [2.24, 2.45) is 0 Å². The molecule has 1 atom stereocenters. The highest BCUT2D eigenvalue weighted by Gasteiger charge is 2.34. The number of amides is 1. The van der Waals surface area contributed by atoms with Crippen molar-refractivity contribution in [2.45, 2.75) is 19.1 Å². The lowest BCUT2D eigenvalue weighted by atomic mass is 10.1. The van der Waals surface area contributed by atoms with Crippen LogP contribution in [-0.2, 0) is 11.0 Å². The van der Waals surface area contributed by atoms with Crippen molar-refractivity contribution in [1.82, 2.24) is 9.78 Å². The van der Waals surface area contributed by atoms with Crippen molar-refractivity contribution in [1.29, 1.82) is 0 Å². The van der Waals surface area contributed by atoms with Gasteiger partial charge in [0.2, 0.25) is 5.91 Å². The summed E-state index contributed by atoms with van der Waals surface area (Å²) in [6, 6.07) is 11.3. The molecule has 1 aromatic heterocycles. The first-order valence-electron chi connectivity index (χ1n) is 9.71. The van der Waals surface area contributed by atoms with Crippen LogP contribution < -0.4 is 20.3 Å². The first-order chi connectivity index (χ1) is 15.2. The second-order valence-electron chi connectivity index (χ2n) is 7.07. The van der Waals surface area contributed by atoms with Crippen LogP contribution in [-0.4, -0.2) is 28.9 Å². The molecular formula is C22H18F3N3O4. The van der Waals surface area contributed by atoms with E-state index in [1.807, 2.05) is 0 Å². The van der Waals surface area contributed by atoms with Crippen molar-refractivity contribution >= 4 is 11.6 Å². The molecule has 1 N–H and O–H groups in total. The number of hydrogen-bond donors (Lipinski definition) is 1. The average Bonchev–Trinajstić information content (AvgIpc) is 2.78. The summed E-state index contributed by atoms with van der Waals surface area (Å²) in [4.78, 5) is 25.0. The number of benzene rings is 2. The van der Waals surface area contributed by atoms with Crippen LogP contribution in [0, 0.1) is 0 Å². The number of aromatic nitrogens is 2. The second kappa shape index (κ2) is 8.37. The smallest absolute Gasteiger partial charge is 0.418 e. The van der Waals surface area contributed by atoms with Gasteiger partial charge in [-0.3, -0.25) is 9.59 Å². The molecule has 2 heterocycles. The zero-order valence-electron chi connectivity index (χ0n) is 16.8. The van der Waals surface area contributed by atoms with Gasteiger partial charge in [0, 0.05) is 11.6 Å². The zero-order valence-corrected chi connectivity index (χ0v) is 16.8. The number of anilines is 1. The standard InChI is InChI=1S/C22H18F3N3O4/c1-13(21(30)26-17-5-3-2-4-15(17)22(23,24)25)28-20(29)9-7-16(27-28)14-6-8-18-19(12-14)32-11-10-31-18/h2-9,12-13H,10-11H2,1H3,(H,26,30)/t13-/m0/s1. The normalized spacial score (nSPS) is 14.0. The van der Waals surface area contributed by atoms with E-state index < -0.39 is 34.9 Å². The molecule has 0 unspecified atom stereocenters. The van der Waals surface area contributed by atoms with E-state index in [-0.39, 0.29) is 0 Å². The van der Waals surface area contributed by atoms with Gasteiger partial charge in [0.1, 0.15) is 19.3 Å². The van der Waals surface area contributed by atoms with Gasteiger partial charge in [-0.15, -0.1) is 0 Å². The van der Waals surface area contributed by atoms with Gasteiger partial charge in [-0.25, -0.2) is 4.68 Å². The van der Waals surface area contributed by atoms with Gasteiger partial charge in [0.25, 0.3) is 5.56 Å². The van der Waals surface area contributed by atoms with Crippen molar-refractivity contribution in [3.05, 3.63) is 70.5 Å². The highest BCUT2D eigenvalue weighted by Crippen LogP contribution is 2.35. The van der Waals surface area contributed by atoms with Crippen molar-refractivity contribution in [3.63, 3.8) is 0 Å². The third-order valence-corrected chi connectivity index (χ3v) is 4.90. The molecule has 7 nitrogen and oxygen atoms in total. The van der Waals surface area contributed by atoms with Gasteiger partial charge in [-0.05, 0) is 43.3 Å². The van der Waals surface area contributed by atoms with Crippen LogP contribution in [0.2, 0.25) is 0 Å². The predicted octanol–water partition coefficient (Wildman–Crippen LogP) is 3.90. The van der Waals surface area contributed by atoms with E-state index in [1.54, 1.807) is 18.2 Å². The summed E-state index contributed by atoms with van der Waals surface area (Å²) >= 11 is 0. The molecule has 10 heteroatoms. The molecule has 0 aliphatic carbocycles. The van der Waals surface area contributed by atoms with Gasteiger partial charge in [-0.1, -0.05) is 12.1 Å². The number of halogens is 3. The second-order valence-corrected chi connectivity index (χ2v) is 7.07. The van der Waals surface area contributed by atoms with Gasteiger partial charge in [0.05, 0.1) is 16.9 Å². The number of alkyl halides is 3. The largest absolute Gasteiger partial charge is 0.486 e. The maximum atomic E-state index is 13.2. The van der Waals surface area contributed by atoms with E-state index in [9.17, 15) is 22.8 Å². The van der Waals surface area contributed by atoms with Gasteiger partial charge in [0.15, 0.2) is 11.5 Å². The first kappa shape index (κ1) is 21.4. The minimum Gasteiger partial charge on any atom is -0.486 e. The molecule has 4 rings (SSSR count). The Balaban J connectivity index is 1.62. The number of ether oxygens (including phenoxy) is 2.